The van der Waals surface area contributed by atoms with E-state index in [2.05, 4.69) is 11.4 Å². The summed E-state index contributed by atoms with van der Waals surface area (Å²) in [6, 6.07) is 4.86. The Labute approximate surface area is 163 Å². The number of fused-ring (bicyclic) bond motifs is 1. The number of amides is 1. The molecular formula is C17H13Cl2N3O3S. The van der Waals surface area contributed by atoms with Crippen molar-refractivity contribution in [2.24, 2.45) is 0 Å². The van der Waals surface area contributed by atoms with Gasteiger partial charge >= 0.3 is 5.97 Å². The van der Waals surface area contributed by atoms with Gasteiger partial charge in [-0.3, -0.25) is 4.79 Å². The standard InChI is InChI=1S/C17H13Cl2N3O3S/c18-8-4-10(15(21)12(19)5-8)17(24)25-7-14(23)22-16-11(6-20)9-2-1-3-13(9)26-16/h4-5H,1-3,7,21H2,(H,22,23). The molecule has 0 saturated heterocycles. The third-order valence-electron chi connectivity index (χ3n) is 3.93. The highest BCUT2D eigenvalue weighted by atomic mass is 35.5. The zero-order valence-corrected chi connectivity index (χ0v) is 15.7. The number of esters is 1. The van der Waals surface area contributed by atoms with E-state index in [1.807, 2.05) is 0 Å². The van der Waals surface area contributed by atoms with Crippen LogP contribution >= 0.6 is 34.5 Å². The number of carbonyl (C=O) groups excluding carboxylic acids is 2. The number of nitrogens with two attached hydrogens (primary N) is 1. The van der Waals surface area contributed by atoms with Crippen molar-refractivity contribution in [3.8, 4) is 6.07 Å². The number of anilines is 2. The van der Waals surface area contributed by atoms with Crippen molar-refractivity contribution < 1.29 is 14.3 Å². The van der Waals surface area contributed by atoms with E-state index in [1.54, 1.807) is 0 Å². The molecule has 26 heavy (non-hydrogen) atoms. The minimum absolute atomic E-state index is 0.0110. The van der Waals surface area contributed by atoms with Gasteiger partial charge in [0.15, 0.2) is 6.61 Å². The van der Waals surface area contributed by atoms with Gasteiger partial charge in [0.25, 0.3) is 5.91 Å². The zero-order chi connectivity index (χ0) is 18.8. The van der Waals surface area contributed by atoms with Crippen LogP contribution in [0.1, 0.15) is 32.8 Å². The van der Waals surface area contributed by atoms with Gasteiger partial charge in [0.2, 0.25) is 0 Å². The second-order valence-corrected chi connectivity index (χ2v) is 7.60. The number of nitrogen functional groups attached to an aromatic ring is 1. The highest BCUT2D eigenvalue weighted by Crippen LogP contribution is 2.38. The molecule has 0 radical (unpaired) electrons. The van der Waals surface area contributed by atoms with Crippen LogP contribution in [0.5, 0.6) is 0 Å². The molecule has 1 amide bonds. The predicted molar refractivity (Wildman–Crippen MR) is 101 cm³/mol. The van der Waals surface area contributed by atoms with Crippen LogP contribution in [0, 0.1) is 11.3 Å². The van der Waals surface area contributed by atoms with Crippen LogP contribution in [-0.4, -0.2) is 18.5 Å². The summed E-state index contributed by atoms with van der Waals surface area (Å²) in [6.07, 6.45) is 2.77. The van der Waals surface area contributed by atoms with Crippen molar-refractivity contribution in [2.75, 3.05) is 17.7 Å². The third-order valence-corrected chi connectivity index (χ3v) is 5.67. The second kappa shape index (κ2) is 7.54. The van der Waals surface area contributed by atoms with E-state index >= 15 is 0 Å². The van der Waals surface area contributed by atoms with E-state index in [0.29, 0.717) is 10.6 Å². The van der Waals surface area contributed by atoms with E-state index < -0.39 is 18.5 Å². The predicted octanol–water partition coefficient (Wildman–Crippen LogP) is 3.79. The Bertz CT molecular complexity index is 950. The highest BCUT2D eigenvalue weighted by Gasteiger charge is 2.23. The number of aryl methyl sites for hydroxylation is 1. The number of rotatable bonds is 4. The molecule has 1 aromatic carbocycles. The normalized spacial score (nSPS) is 12.3. The fraction of sp³-hybridized carbons (Fsp3) is 0.235. The Kier molecular flexibility index (Phi) is 5.37. The van der Waals surface area contributed by atoms with Crippen LogP contribution in [-0.2, 0) is 22.4 Å². The average Bonchev–Trinajstić information content (AvgIpc) is 3.16. The molecule has 0 unspecified atom stereocenters. The van der Waals surface area contributed by atoms with E-state index in [4.69, 9.17) is 33.7 Å². The first kappa shape index (κ1) is 18.5. The Hall–Kier alpha value is -2.27. The Morgan fingerprint density at radius 2 is 2.12 bits per heavy atom. The lowest BCUT2D eigenvalue weighted by Crippen LogP contribution is -2.21. The fourth-order valence-corrected chi connectivity index (χ4v) is 4.49. The van der Waals surface area contributed by atoms with Gasteiger partial charge in [0.05, 0.1) is 21.8 Å². The summed E-state index contributed by atoms with van der Waals surface area (Å²) in [6.45, 7) is -0.518. The molecule has 3 N–H and O–H groups in total. The van der Waals surface area contributed by atoms with Gasteiger partial charge in [-0.05, 0) is 37.0 Å². The summed E-state index contributed by atoms with van der Waals surface area (Å²) >= 11 is 13.1. The van der Waals surface area contributed by atoms with E-state index in [9.17, 15) is 14.9 Å². The largest absolute Gasteiger partial charge is 0.452 e. The Morgan fingerprint density at radius 1 is 1.35 bits per heavy atom. The van der Waals surface area contributed by atoms with Crippen molar-refractivity contribution in [1.82, 2.24) is 0 Å². The minimum atomic E-state index is -0.809. The quantitative estimate of drug-likeness (QED) is 0.589. The molecule has 6 nitrogen and oxygen atoms in total. The molecule has 0 spiro atoms. The monoisotopic (exact) mass is 409 g/mol. The maximum Gasteiger partial charge on any atom is 0.340 e. The van der Waals surface area contributed by atoms with Crippen LogP contribution in [0.3, 0.4) is 0 Å². The molecule has 134 valence electrons. The maximum absolute atomic E-state index is 12.1. The summed E-state index contributed by atoms with van der Waals surface area (Å²) < 4.78 is 4.98. The number of thiophene rings is 1. The number of hydrogen-bond donors (Lipinski definition) is 2. The summed E-state index contributed by atoms with van der Waals surface area (Å²) in [4.78, 5) is 25.3. The summed E-state index contributed by atoms with van der Waals surface area (Å²) in [5, 5.41) is 12.8. The number of nitriles is 1. The third kappa shape index (κ3) is 3.63. The maximum atomic E-state index is 12.1. The first-order valence-electron chi connectivity index (χ1n) is 7.66. The van der Waals surface area contributed by atoms with Gasteiger partial charge in [0.1, 0.15) is 11.1 Å². The molecule has 1 aliphatic rings. The van der Waals surface area contributed by atoms with E-state index in [-0.39, 0.29) is 21.3 Å². The molecule has 0 saturated carbocycles. The van der Waals surface area contributed by atoms with Gasteiger partial charge in [-0.2, -0.15) is 5.26 Å². The minimum Gasteiger partial charge on any atom is -0.452 e. The number of hydrogen-bond acceptors (Lipinski definition) is 6. The van der Waals surface area contributed by atoms with Crippen molar-refractivity contribution in [3.63, 3.8) is 0 Å². The van der Waals surface area contributed by atoms with Gasteiger partial charge in [0, 0.05) is 9.90 Å². The van der Waals surface area contributed by atoms with E-state index in [1.165, 1.54) is 23.5 Å². The van der Waals surface area contributed by atoms with Crippen molar-refractivity contribution in [3.05, 3.63) is 43.7 Å². The van der Waals surface area contributed by atoms with Crippen LogP contribution in [0.25, 0.3) is 0 Å². The molecule has 9 heteroatoms. The number of nitrogens with zero attached hydrogens (tertiary/aromatic N) is 1. The molecule has 0 fully saturated rings. The van der Waals surface area contributed by atoms with Gasteiger partial charge in [-0.25, -0.2) is 4.79 Å². The summed E-state index contributed by atoms with van der Waals surface area (Å²) in [5.74, 6) is -1.35. The lowest BCUT2D eigenvalue weighted by atomic mass is 10.1. The smallest absolute Gasteiger partial charge is 0.340 e. The lowest BCUT2D eigenvalue weighted by molar-refractivity contribution is -0.119. The summed E-state index contributed by atoms with van der Waals surface area (Å²) in [5.41, 5.74) is 7.25. The molecule has 1 aliphatic carbocycles. The van der Waals surface area contributed by atoms with E-state index in [0.717, 1.165) is 29.7 Å². The number of ether oxygens (including phenoxy) is 1. The fourth-order valence-electron chi connectivity index (χ4n) is 2.74. The first-order chi connectivity index (χ1) is 12.4. The first-order valence-corrected chi connectivity index (χ1v) is 9.24. The van der Waals surface area contributed by atoms with Gasteiger partial charge < -0.3 is 15.8 Å². The second-order valence-electron chi connectivity index (χ2n) is 5.65. The Balaban J connectivity index is 1.65. The summed E-state index contributed by atoms with van der Waals surface area (Å²) in [7, 11) is 0. The molecule has 0 atom stereocenters. The molecule has 3 rings (SSSR count). The Morgan fingerprint density at radius 3 is 2.85 bits per heavy atom. The number of halogens is 2. The van der Waals surface area contributed by atoms with Crippen molar-refractivity contribution >= 4 is 57.1 Å². The van der Waals surface area contributed by atoms with Crippen molar-refractivity contribution in [2.45, 2.75) is 19.3 Å². The topological polar surface area (TPSA) is 105 Å². The lowest BCUT2D eigenvalue weighted by Gasteiger charge is -2.09. The molecule has 1 heterocycles. The molecule has 0 bridgehead atoms. The molecule has 1 aromatic heterocycles. The average molecular weight is 410 g/mol. The number of carbonyl (C=O) groups is 2. The zero-order valence-electron chi connectivity index (χ0n) is 13.4. The number of benzene rings is 1. The molecule has 2 aromatic rings. The molecule has 0 aliphatic heterocycles. The molecular weight excluding hydrogens is 397 g/mol. The van der Waals surface area contributed by atoms with Crippen LogP contribution in [0.2, 0.25) is 10.0 Å². The highest BCUT2D eigenvalue weighted by molar-refractivity contribution is 7.16. The number of nitrogens with one attached hydrogen (secondary N) is 1. The van der Waals surface area contributed by atoms with Crippen LogP contribution < -0.4 is 11.1 Å². The van der Waals surface area contributed by atoms with Crippen molar-refractivity contribution in [1.29, 1.82) is 5.26 Å². The van der Waals surface area contributed by atoms with Gasteiger partial charge in [-0.15, -0.1) is 11.3 Å². The van der Waals surface area contributed by atoms with Crippen LogP contribution in [0.15, 0.2) is 12.1 Å². The van der Waals surface area contributed by atoms with Crippen LogP contribution in [0.4, 0.5) is 10.7 Å². The van der Waals surface area contributed by atoms with Gasteiger partial charge in [-0.1, -0.05) is 23.2 Å². The SMILES string of the molecule is N#Cc1c(NC(=O)COC(=O)c2cc(Cl)cc(Cl)c2N)sc2c1CCC2.